The summed E-state index contributed by atoms with van der Waals surface area (Å²) in [7, 11) is 0. The molecular weight excluding hydrogens is 569 g/mol. The number of nitrogens with zero attached hydrogens (tertiary/aromatic N) is 5. The third-order valence-corrected chi connectivity index (χ3v) is 9.01. The highest BCUT2D eigenvalue weighted by Crippen LogP contribution is 2.48. The van der Waals surface area contributed by atoms with Crippen LogP contribution >= 0.6 is 0 Å². The number of amides is 1. The smallest absolute Gasteiger partial charge is 0.354 e. The summed E-state index contributed by atoms with van der Waals surface area (Å²) in [5, 5.41) is 2.36. The summed E-state index contributed by atoms with van der Waals surface area (Å²) in [6, 6.07) is 15.1. The summed E-state index contributed by atoms with van der Waals surface area (Å²) in [6.07, 6.45) is 3.04. The molecule has 228 valence electrons. The third kappa shape index (κ3) is 4.48. The Morgan fingerprint density at radius 2 is 1.91 bits per heavy atom. The van der Waals surface area contributed by atoms with Gasteiger partial charge in [0.15, 0.2) is 5.75 Å². The van der Waals surface area contributed by atoms with Crippen LogP contribution in [0.4, 0.5) is 10.2 Å². The Bertz CT molecular complexity index is 2100. The lowest BCUT2D eigenvalue weighted by atomic mass is 9.90. The lowest BCUT2D eigenvalue weighted by Crippen LogP contribution is -2.54. The number of pyridine rings is 1. The fraction of sp³-hybridized carbons (Fsp3) is 0.278. The van der Waals surface area contributed by atoms with E-state index in [9.17, 15) is 9.59 Å². The number of rotatable bonds is 4. The van der Waals surface area contributed by atoms with E-state index in [0.29, 0.717) is 53.4 Å². The SMILES string of the molecule is C=CC(=O)N1CCN(c2nc(=O)n(-c3c(C)ccnc3C(C)C)c3c4c(c(F)cc23)-c2c(ccc3ccccc23)CO4)[C@@H](C)C1. The summed E-state index contributed by atoms with van der Waals surface area (Å²) in [4.78, 5) is 39.7. The van der Waals surface area contributed by atoms with Crippen molar-refractivity contribution in [1.29, 1.82) is 0 Å². The molecule has 9 heteroatoms. The number of aryl methyl sites for hydroxylation is 1. The van der Waals surface area contributed by atoms with Crippen LogP contribution in [0.2, 0.25) is 0 Å². The van der Waals surface area contributed by atoms with E-state index in [2.05, 4.69) is 16.5 Å². The standard InChI is InChI=1S/C36H34FN5O3/c1-6-28(43)40-15-16-41(22(5)18-40)35-26-17-27(37)30-29-24(12-11-23-9-7-8-10-25(23)29)19-45-34(30)33(26)42(36(44)39-35)32-21(4)13-14-38-31(32)20(2)3/h6-14,17,20,22H,1,15-16,18-19H2,2-5H3/t22-/m0/s1. The highest BCUT2D eigenvalue weighted by Gasteiger charge is 2.34. The van der Waals surface area contributed by atoms with Crippen LogP contribution in [0.1, 0.15) is 43.5 Å². The monoisotopic (exact) mass is 603 g/mol. The zero-order valence-corrected chi connectivity index (χ0v) is 25.8. The van der Waals surface area contributed by atoms with Gasteiger partial charge in [0, 0.05) is 42.8 Å². The molecule has 2 aliphatic heterocycles. The molecule has 5 aromatic rings. The maximum absolute atomic E-state index is 16.7. The molecule has 2 aliphatic rings. The molecule has 8 nitrogen and oxygen atoms in total. The number of carbonyl (C=O) groups is 1. The Hall–Kier alpha value is -5.05. The minimum absolute atomic E-state index is 0.00103. The Morgan fingerprint density at radius 1 is 1.11 bits per heavy atom. The van der Waals surface area contributed by atoms with Gasteiger partial charge in [-0.3, -0.25) is 14.3 Å². The molecule has 0 saturated carbocycles. The number of piperazine rings is 1. The first-order chi connectivity index (χ1) is 21.7. The Balaban J connectivity index is 1.58. The van der Waals surface area contributed by atoms with E-state index in [-0.39, 0.29) is 24.5 Å². The minimum Gasteiger partial charge on any atom is -0.486 e. The summed E-state index contributed by atoms with van der Waals surface area (Å²) in [5.41, 5.74) is 4.12. The van der Waals surface area contributed by atoms with E-state index in [1.807, 2.05) is 75.1 Å². The van der Waals surface area contributed by atoms with Crippen LogP contribution in [0.5, 0.6) is 5.75 Å². The predicted octanol–water partition coefficient (Wildman–Crippen LogP) is 6.29. The van der Waals surface area contributed by atoms with Crippen molar-refractivity contribution < 1.29 is 13.9 Å². The van der Waals surface area contributed by atoms with Gasteiger partial charge >= 0.3 is 5.69 Å². The average Bonchev–Trinajstić information content (AvgIpc) is 3.04. The molecule has 0 spiro atoms. The zero-order chi connectivity index (χ0) is 31.6. The van der Waals surface area contributed by atoms with E-state index >= 15 is 4.39 Å². The van der Waals surface area contributed by atoms with E-state index < -0.39 is 11.5 Å². The van der Waals surface area contributed by atoms with Crippen molar-refractivity contribution in [3.8, 4) is 22.6 Å². The quantitative estimate of drug-likeness (QED) is 0.225. The van der Waals surface area contributed by atoms with Gasteiger partial charge in [-0.1, -0.05) is 56.8 Å². The number of anilines is 1. The van der Waals surface area contributed by atoms with E-state index in [1.54, 1.807) is 15.7 Å². The van der Waals surface area contributed by atoms with Crippen molar-refractivity contribution in [2.45, 2.75) is 46.3 Å². The summed E-state index contributed by atoms with van der Waals surface area (Å²) in [6.45, 7) is 13.1. The molecule has 1 fully saturated rings. The average molecular weight is 604 g/mol. The second-order valence-electron chi connectivity index (χ2n) is 12.2. The highest BCUT2D eigenvalue weighted by molar-refractivity contribution is 6.06. The molecule has 3 aromatic carbocycles. The Kier molecular flexibility index (Phi) is 6.91. The van der Waals surface area contributed by atoms with Crippen LogP contribution in [-0.4, -0.2) is 51.0 Å². The second-order valence-corrected chi connectivity index (χ2v) is 12.2. The van der Waals surface area contributed by atoms with Gasteiger partial charge in [-0.2, -0.15) is 4.98 Å². The number of hydrogen-bond acceptors (Lipinski definition) is 6. The molecule has 4 heterocycles. The molecule has 0 bridgehead atoms. The molecule has 0 unspecified atom stereocenters. The zero-order valence-electron chi connectivity index (χ0n) is 25.8. The summed E-state index contributed by atoms with van der Waals surface area (Å²) >= 11 is 0. The number of fused-ring (bicyclic) bond motifs is 7. The molecule has 1 saturated heterocycles. The molecule has 1 atom stereocenters. The van der Waals surface area contributed by atoms with Gasteiger partial charge in [0.05, 0.1) is 16.9 Å². The molecule has 2 aromatic heterocycles. The molecule has 0 N–H and O–H groups in total. The van der Waals surface area contributed by atoms with Crippen molar-refractivity contribution in [3.63, 3.8) is 0 Å². The molecule has 45 heavy (non-hydrogen) atoms. The Labute approximate surface area is 260 Å². The second kappa shape index (κ2) is 10.8. The summed E-state index contributed by atoms with van der Waals surface area (Å²) in [5.74, 6) is 0.0660. The van der Waals surface area contributed by atoms with Crippen molar-refractivity contribution in [2.75, 3.05) is 24.5 Å². The van der Waals surface area contributed by atoms with Crippen molar-refractivity contribution in [2.24, 2.45) is 0 Å². The lowest BCUT2D eigenvalue weighted by molar-refractivity contribution is -0.126. The van der Waals surface area contributed by atoms with Gasteiger partial charge < -0.3 is 14.5 Å². The lowest BCUT2D eigenvalue weighted by Gasteiger charge is -2.40. The van der Waals surface area contributed by atoms with E-state index in [4.69, 9.17) is 4.74 Å². The summed E-state index contributed by atoms with van der Waals surface area (Å²) < 4.78 is 24.7. The van der Waals surface area contributed by atoms with Gasteiger partial charge in [0.1, 0.15) is 23.8 Å². The third-order valence-electron chi connectivity index (χ3n) is 9.01. The number of hydrogen-bond donors (Lipinski definition) is 0. The van der Waals surface area contributed by atoms with Crippen LogP contribution in [-0.2, 0) is 11.4 Å². The number of benzene rings is 3. The van der Waals surface area contributed by atoms with Crippen LogP contribution in [0.25, 0.3) is 38.5 Å². The van der Waals surface area contributed by atoms with Gasteiger partial charge in [0.25, 0.3) is 0 Å². The van der Waals surface area contributed by atoms with E-state index in [0.717, 1.165) is 33.2 Å². The highest BCUT2D eigenvalue weighted by atomic mass is 19.1. The first kappa shape index (κ1) is 28.7. The molecule has 7 rings (SSSR count). The maximum atomic E-state index is 16.7. The predicted molar refractivity (Wildman–Crippen MR) is 175 cm³/mol. The number of carbonyl (C=O) groups excluding carboxylic acids is 1. The fourth-order valence-corrected chi connectivity index (χ4v) is 6.87. The van der Waals surface area contributed by atoms with Gasteiger partial charge in [-0.05, 0) is 59.9 Å². The van der Waals surface area contributed by atoms with Crippen molar-refractivity contribution in [1.82, 2.24) is 19.4 Å². The van der Waals surface area contributed by atoms with Crippen LogP contribution in [0.3, 0.4) is 0 Å². The van der Waals surface area contributed by atoms with Gasteiger partial charge in [-0.25, -0.2) is 9.18 Å². The Morgan fingerprint density at radius 3 is 2.67 bits per heavy atom. The molecule has 1 amide bonds. The van der Waals surface area contributed by atoms with Crippen LogP contribution < -0.4 is 15.3 Å². The normalized spacial score (nSPS) is 16.1. The number of ether oxygens (including phenoxy) is 1. The van der Waals surface area contributed by atoms with Crippen LogP contribution in [0.15, 0.2) is 72.2 Å². The number of halogens is 1. The van der Waals surface area contributed by atoms with Crippen molar-refractivity contribution >= 4 is 33.4 Å². The maximum Gasteiger partial charge on any atom is 0.354 e. The van der Waals surface area contributed by atoms with Gasteiger partial charge in [0.2, 0.25) is 5.91 Å². The fourth-order valence-electron chi connectivity index (χ4n) is 6.87. The molecule has 0 aliphatic carbocycles. The van der Waals surface area contributed by atoms with Gasteiger partial charge in [-0.15, -0.1) is 0 Å². The first-order valence-corrected chi connectivity index (χ1v) is 15.3. The van der Waals surface area contributed by atoms with Crippen molar-refractivity contribution in [3.05, 3.63) is 101 Å². The minimum atomic E-state index is -0.506. The topological polar surface area (TPSA) is 80.6 Å². The van der Waals surface area contributed by atoms with Crippen LogP contribution in [0, 0.1) is 12.7 Å². The molecular formula is C36H34FN5O3. The largest absolute Gasteiger partial charge is 0.486 e. The molecule has 0 radical (unpaired) electrons. The first-order valence-electron chi connectivity index (χ1n) is 15.3. The number of aromatic nitrogens is 3. The van der Waals surface area contributed by atoms with E-state index in [1.165, 1.54) is 12.1 Å².